The van der Waals surface area contributed by atoms with Crippen LogP contribution >= 0.6 is 0 Å². The molecule has 3 nitrogen and oxygen atoms in total. The van der Waals surface area contributed by atoms with E-state index in [-0.39, 0.29) is 5.82 Å². The Bertz CT molecular complexity index is 511. The summed E-state index contributed by atoms with van der Waals surface area (Å²) >= 11 is 0. The fourth-order valence-electron chi connectivity index (χ4n) is 1.85. The summed E-state index contributed by atoms with van der Waals surface area (Å²) in [6.45, 7) is 3.64. The zero-order valence-electron chi connectivity index (χ0n) is 10.3. The van der Waals surface area contributed by atoms with Gasteiger partial charge in [0, 0.05) is 25.0 Å². The fourth-order valence-corrected chi connectivity index (χ4v) is 1.85. The predicted molar refractivity (Wildman–Crippen MR) is 71.8 cm³/mol. The van der Waals surface area contributed by atoms with Crippen molar-refractivity contribution in [2.75, 3.05) is 17.2 Å². The summed E-state index contributed by atoms with van der Waals surface area (Å²) in [6.07, 6.45) is 1.70. The van der Waals surface area contributed by atoms with Crippen LogP contribution in [0.25, 0.3) is 0 Å². The Kier molecular flexibility index (Phi) is 3.77. The van der Waals surface area contributed by atoms with Crippen molar-refractivity contribution in [2.24, 2.45) is 0 Å². The van der Waals surface area contributed by atoms with Crippen molar-refractivity contribution in [3.8, 4) is 0 Å². The normalized spacial score (nSPS) is 10.3. The molecule has 0 unspecified atom stereocenters. The lowest BCUT2D eigenvalue weighted by Crippen LogP contribution is -2.22. The molecule has 2 aromatic rings. The number of benzene rings is 1. The maximum Gasteiger partial charge on any atom is 0.123 e. The third-order valence-corrected chi connectivity index (χ3v) is 2.79. The maximum absolute atomic E-state index is 12.9. The molecule has 0 aliphatic heterocycles. The van der Waals surface area contributed by atoms with Crippen molar-refractivity contribution in [3.05, 3.63) is 54.0 Å². The number of hydrogen-bond acceptors (Lipinski definition) is 3. The summed E-state index contributed by atoms with van der Waals surface area (Å²) in [7, 11) is 0. The molecule has 94 valence electrons. The van der Waals surface area contributed by atoms with Gasteiger partial charge in [-0.3, -0.25) is 0 Å². The zero-order chi connectivity index (χ0) is 13.0. The first-order valence-electron chi connectivity index (χ1n) is 5.90. The third-order valence-electron chi connectivity index (χ3n) is 2.79. The van der Waals surface area contributed by atoms with Crippen LogP contribution in [0.15, 0.2) is 42.6 Å². The molecule has 0 atom stereocenters. The van der Waals surface area contributed by atoms with Gasteiger partial charge in [0.15, 0.2) is 0 Å². The number of nitrogens with zero attached hydrogens (tertiary/aromatic N) is 2. The predicted octanol–water partition coefficient (Wildman–Crippen LogP) is 2.83. The van der Waals surface area contributed by atoms with Gasteiger partial charge in [-0.15, -0.1) is 0 Å². The molecule has 0 spiro atoms. The van der Waals surface area contributed by atoms with Crippen LogP contribution in [-0.2, 0) is 6.54 Å². The van der Waals surface area contributed by atoms with E-state index in [4.69, 9.17) is 5.73 Å². The number of rotatable bonds is 4. The van der Waals surface area contributed by atoms with Gasteiger partial charge in [-0.1, -0.05) is 0 Å². The summed E-state index contributed by atoms with van der Waals surface area (Å²) in [5.41, 5.74) is 7.74. The number of anilines is 2. The Morgan fingerprint density at radius 1 is 1.22 bits per heavy atom. The Hall–Kier alpha value is -2.10. The molecule has 0 amide bonds. The van der Waals surface area contributed by atoms with Crippen molar-refractivity contribution >= 4 is 11.5 Å². The van der Waals surface area contributed by atoms with Crippen molar-refractivity contribution in [1.29, 1.82) is 0 Å². The van der Waals surface area contributed by atoms with E-state index >= 15 is 0 Å². The molecule has 1 aromatic carbocycles. The van der Waals surface area contributed by atoms with E-state index in [1.54, 1.807) is 18.3 Å². The highest BCUT2D eigenvalue weighted by Crippen LogP contribution is 2.17. The molecule has 2 N–H and O–H groups in total. The van der Waals surface area contributed by atoms with Gasteiger partial charge in [-0.25, -0.2) is 9.37 Å². The molecule has 18 heavy (non-hydrogen) atoms. The average Bonchev–Trinajstić information content (AvgIpc) is 2.37. The van der Waals surface area contributed by atoms with Crippen LogP contribution in [0, 0.1) is 5.82 Å². The second-order valence-corrected chi connectivity index (χ2v) is 4.08. The van der Waals surface area contributed by atoms with Gasteiger partial charge >= 0.3 is 0 Å². The van der Waals surface area contributed by atoms with Crippen LogP contribution in [0.2, 0.25) is 0 Å². The minimum Gasteiger partial charge on any atom is -0.384 e. The molecular formula is C14H16FN3. The van der Waals surface area contributed by atoms with E-state index < -0.39 is 0 Å². The number of nitrogens with two attached hydrogens (primary N) is 1. The third kappa shape index (κ3) is 2.97. The first-order chi connectivity index (χ1) is 8.69. The van der Waals surface area contributed by atoms with Crippen LogP contribution in [-0.4, -0.2) is 11.5 Å². The summed E-state index contributed by atoms with van der Waals surface area (Å²) < 4.78 is 12.9. The Morgan fingerprint density at radius 3 is 2.56 bits per heavy atom. The molecule has 1 heterocycles. The van der Waals surface area contributed by atoms with Gasteiger partial charge in [0.1, 0.15) is 11.6 Å². The van der Waals surface area contributed by atoms with Gasteiger partial charge in [0.05, 0.1) is 0 Å². The molecule has 0 aliphatic rings. The van der Waals surface area contributed by atoms with Gasteiger partial charge in [0.25, 0.3) is 0 Å². The molecule has 0 radical (unpaired) electrons. The standard InChI is InChI=1S/C14H16FN3/c1-2-18(13-5-3-12(15)4-6-13)10-11-7-8-17-14(16)9-11/h3-9H,2,10H2,1H3,(H2,16,17). The number of hydrogen-bond donors (Lipinski definition) is 1. The first kappa shape index (κ1) is 12.4. The monoisotopic (exact) mass is 245 g/mol. The van der Waals surface area contributed by atoms with Gasteiger partial charge in [-0.05, 0) is 48.9 Å². The molecule has 4 heteroatoms. The summed E-state index contributed by atoms with van der Waals surface area (Å²) in [4.78, 5) is 6.11. The lowest BCUT2D eigenvalue weighted by atomic mass is 10.2. The first-order valence-corrected chi connectivity index (χ1v) is 5.90. The molecule has 0 saturated heterocycles. The number of nitrogen functional groups attached to an aromatic ring is 1. The smallest absolute Gasteiger partial charge is 0.123 e. The lowest BCUT2D eigenvalue weighted by molar-refractivity contribution is 0.627. The van der Waals surface area contributed by atoms with Crippen molar-refractivity contribution in [2.45, 2.75) is 13.5 Å². The summed E-state index contributed by atoms with van der Waals surface area (Å²) in [6, 6.07) is 10.3. The Morgan fingerprint density at radius 2 is 1.94 bits per heavy atom. The Labute approximate surface area is 106 Å². The molecule has 0 saturated carbocycles. The van der Waals surface area contributed by atoms with Gasteiger partial charge in [0.2, 0.25) is 0 Å². The summed E-state index contributed by atoms with van der Waals surface area (Å²) in [5, 5.41) is 0. The number of halogens is 1. The van der Waals surface area contributed by atoms with Crippen molar-refractivity contribution in [1.82, 2.24) is 4.98 Å². The van der Waals surface area contributed by atoms with E-state index in [2.05, 4.69) is 16.8 Å². The van der Waals surface area contributed by atoms with Crippen LogP contribution in [0.3, 0.4) is 0 Å². The van der Waals surface area contributed by atoms with Crippen LogP contribution in [0.5, 0.6) is 0 Å². The van der Waals surface area contributed by atoms with Gasteiger partial charge < -0.3 is 10.6 Å². The second-order valence-electron chi connectivity index (χ2n) is 4.08. The Balaban J connectivity index is 2.17. The zero-order valence-corrected chi connectivity index (χ0v) is 10.3. The molecule has 1 aromatic heterocycles. The van der Waals surface area contributed by atoms with Crippen molar-refractivity contribution in [3.63, 3.8) is 0 Å². The minimum absolute atomic E-state index is 0.219. The lowest BCUT2D eigenvalue weighted by Gasteiger charge is -2.23. The van der Waals surface area contributed by atoms with E-state index in [0.29, 0.717) is 5.82 Å². The topological polar surface area (TPSA) is 42.2 Å². The number of pyridine rings is 1. The van der Waals surface area contributed by atoms with E-state index in [1.165, 1.54) is 12.1 Å². The molecule has 0 bridgehead atoms. The molecule has 0 aliphatic carbocycles. The highest BCUT2D eigenvalue weighted by atomic mass is 19.1. The average molecular weight is 245 g/mol. The maximum atomic E-state index is 12.9. The fraction of sp³-hybridized carbons (Fsp3) is 0.214. The van der Waals surface area contributed by atoms with Gasteiger partial charge in [-0.2, -0.15) is 0 Å². The largest absolute Gasteiger partial charge is 0.384 e. The summed E-state index contributed by atoms with van der Waals surface area (Å²) in [5.74, 6) is 0.297. The van der Waals surface area contributed by atoms with Crippen LogP contribution in [0.1, 0.15) is 12.5 Å². The highest BCUT2D eigenvalue weighted by Gasteiger charge is 2.05. The van der Waals surface area contributed by atoms with E-state index in [9.17, 15) is 4.39 Å². The van der Waals surface area contributed by atoms with E-state index in [1.807, 2.05) is 12.1 Å². The van der Waals surface area contributed by atoms with E-state index in [0.717, 1.165) is 24.3 Å². The minimum atomic E-state index is -0.219. The molecule has 2 rings (SSSR count). The highest BCUT2D eigenvalue weighted by molar-refractivity contribution is 5.47. The SMILES string of the molecule is CCN(Cc1ccnc(N)c1)c1ccc(F)cc1. The molecular weight excluding hydrogens is 229 g/mol. The van der Waals surface area contributed by atoms with Crippen LogP contribution < -0.4 is 10.6 Å². The molecule has 0 fully saturated rings. The second kappa shape index (κ2) is 5.49. The van der Waals surface area contributed by atoms with Crippen molar-refractivity contribution < 1.29 is 4.39 Å². The van der Waals surface area contributed by atoms with Crippen LogP contribution in [0.4, 0.5) is 15.9 Å². The quantitative estimate of drug-likeness (QED) is 0.900. The number of aromatic nitrogens is 1.